The van der Waals surface area contributed by atoms with Crippen LogP contribution in [0.4, 0.5) is 22.0 Å². The van der Waals surface area contributed by atoms with Gasteiger partial charge in [0.15, 0.2) is 0 Å². The third kappa shape index (κ3) is 4.87. The number of ether oxygens (including phenoxy) is 1. The van der Waals surface area contributed by atoms with Crippen molar-refractivity contribution in [2.24, 2.45) is 5.92 Å². The van der Waals surface area contributed by atoms with Crippen molar-refractivity contribution in [3.8, 4) is 5.75 Å². The summed E-state index contributed by atoms with van der Waals surface area (Å²) in [6, 6.07) is 3.66. The third-order valence-corrected chi connectivity index (χ3v) is 7.20. The molecule has 5 rings (SSSR count). The molecule has 2 aliphatic rings. The monoisotopic (exact) mass is 492 g/mol. The second-order valence-electron chi connectivity index (χ2n) is 9.63. The van der Waals surface area contributed by atoms with Crippen LogP contribution in [0.25, 0.3) is 10.9 Å². The Kier molecular flexibility index (Phi) is 6.46. The molecule has 3 aromatic rings. The van der Waals surface area contributed by atoms with E-state index < -0.39 is 42.0 Å². The summed E-state index contributed by atoms with van der Waals surface area (Å²) in [4.78, 5) is 1.13. The van der Waals surface area contributed by atoms with E-state index in [9.17, 15) is 13.2 Å². The number of nitrogens with one attached hydrogen (secondary N) is 1. The number of nitrogens with zero attached hydrogens (tertiary/aromatic N) is 2. The molecule has 1 aliphatic carbocycles. The van der Waals surface area contributed by atoms with E-state index in [-0.39, 0.29) is 5.75 Å². The maximum atomic E-state index is 15.5. The van der Waals surface area contributed by atoms with Crippen molar-refractivity contribution in [2.45, 2.75) is 57.3 Å². The Labute approximate surface area is 200 Å². The lowest BCUT2D eigenvalue weighted by Crippen LogP contribution is -2.47. The highest BCUT2D eigenvalue weighted by atomic mass is 19.4. The molecule has 2 atom stereocenters. The lowest BCUT2D eigenvalue weighted by molar-refractivity contribution is -0.155. The van der Waals surface area contributed by atoms with Gasteiger partial charge in [0.05, 0.1) is 30.9 Å². The van der Waals surface area contributed by atoms with Crippen molar-refractivity contribution < 1.29 is 26.7 Å². The van der Waals surface area contributed by atoms with Crippen molar-refractivity contribution in [1.29, 1.82) is 0 Å². The van der Waals surface area contributed by atoms with Crippen molar-refractivity contribution in [3.05, 3.63) is 65.2 Å². The van der Waals surface area contributed by atoms with E-state index in [0.717, 1.165) is 59.2 Å². The number of rotatable bonds is 5. The molecule has 1 aromatic heterocycles. The number of aromatic nitrogens is 2. The highest BCUT2D eigenvalue weighted by Crippen LogP contribution is 2.44. The van der Waals surface area contributed by atoms with Gasteiger partial charge in [-0.15, -0.1) is 0 Å². The Morgan fingerprint density at radius 1 is 1.11 bits per heavy atom. The van der Waals surface area contributed by atoms with Crippen LogP contribution in [0, 0.1) is 24.0 Å². The smallest absolute Gasteiger partial charge is 0.401 e. The number of hydrogen-bond acceptors (Lipinski definition) is 3. The predicted molar refractivity (Wildman–Crippen MR) is 122 cm³/mol. The molecule has 0 unspecified atom stereocenters. The van der Waals surface area contributed by atoms with Gasteiger partial charge in [-0.25, -0.2) is 8.78 Å². The first-order valence-corrected chi connectivity index (χ1v) is 11.9. The van der Waals surface area contributed by atoms with Gasteiger partial charge in [0, 0.05) is 29.1 Å². The van der Waals surface area contributed by atoms with E-state index >= 15 is 8.78 Å². The maximum Gasteiger partial charge on any atom is 0.401 e. The van der Waals surface area contributed by atoms with Gasteiger partial charge in [0.1, 0.15) is 17.4 Å². The van der Waals surface area contributed by atoms with Crippen molar-refractivity contribution in [3.63, 3.8) is 0 Å². The van der Waals surface area contributed by atoms with Crippen LogP contribution in [0.3, 0.4) is 0 Å². The average Bonchev–Trinajstić information content (AvgIpc) is 3.28. The normalized spacial score (nSPS) is 21.9. The van der Waals surface area contributed by atoms with Crippen LogP contribution in [0.1, 0.15) is 55.3 Å². The molecule has 0 saturated heterocycles. The molecule has 1 N–H and O–H groups in total. The topological polar surface area (TPSA) is 41.1 Å². The molecule has 0 spiro atoms. The molecule has 2 heterocycles. The second kappa shape index (κ2) is 9.41. The Morgan fingerprint density at radius 2 is 1.83 bits per heavy atom. The van der Waals surface area contributed by atoms with Crippen molar-refractivity contribution in [2.75, 3.05) is 13.2 Å². The van der Waals surface area contributed by atoms with Gasteiger partial charge in [-0.05, 0) is 68.6 Å². The van der Waals surface area contributed by atoms with E-state index in [1.54, 1.807) is 25.3 Å². The summed E-state index contributed by atoms with van der Waals surface area (Å²) in [7, 11) is 0. The molecule has 4 nitrogen and oxygen atoms in total. The van der Waals surface area contributed by atoms with Crippen LogP contribution in [-0.4, -0.2) is 40.5 Å². The van der Waals surface area contributed by atoms with E-state index in [0.29, 0.717) is 24.5 Å². The number of fused-ring (bicyclic) bond motifs is 3. The van der Waals surface area contributed by atoms with Gasteiger partial charge >= 0.3 is 6.18 Å². The summed E-state index contributed by atoms with van der Waals surface area (Å²) >= 11 is 0. The first-order valence-electron chi connectivity index (χ1n) is 11.9. The zero-order valence-electron chi connectivity index (χ0n) is 19.3. The quantitative estimate of drug-likeness (QED) is 0.413. The van der Waals surface area contributed by atoms with Crippen molar-refractivity contribution >= 4 is 10.9 Å². The van der Waals surface area contributed by atoms with Gasteiger partial charge in [-0.3, -0.25) is 10.00 Å². The highest BCUT2D eigenvalue weighted by molar-refractivity contribution is 5.83. The molecule has 2 aromatic carbocycles. The largest absolute Gasteiger partial charge is 0.493 e. The fourth-order valence-corrected chi connectivity index (χ4v) is 5.48. The maximum absolute atomic E-state index is 15.5. The van der Waals surface area contributed by atoms with Gasteiger partial charge in [0.25, 0.3) is 0 Å². The summed E-state index contributed by atoms with van der Waals surface area (Å²) in [6.45, 7) is 0.723. The summed E-state index contributed by atoms with van der Waals surface area (Å²) < 4.78 is 77.4. The SMILES string of the molecule is C[C@@H]1Cc2c(ccc3[nH]ncc23)[C@@H](c2c(F)cc(OCC3CC[CH]CC3)cc2F)N1CC(F)(F)F. The molecule has 1 radical (unpaired) electrons. The van der Waals surface area contributed by atoms with Crippen LogP contribution in [0.2, 0.25) is 0 Å². The first-order chi connectivity index (χ1) is 16.7. The summed E-state index contributed by atoms with van der Waals surface area (Å²) in [5, 5.41) is 7.63. The molecule has 9 heteroatoms. The van der Waals surface area contributed by atoms with E-state index in [2.05, 4.69) is 16.6 Å². The third-order valence-electron chi connectivity index (χ3n) is 7.20. The number of hydrogen-bond donors (Lipinski definition) is 1. The molecule has 35 heavy (non-hydrogen) atoms. The van der Waals surface area contributed by atoms with Crippen LogP contribution >= 0.6 is 0 Å². The Hall–Kier alpha value is -2.68. The standard InChI is InChI=1S/C26H27F5N3O/c1-15-9-19-18(7-8-23-20(19)12-32-33-23)25(34(15)14-26(29,30)31)24-21(27)10-17(11-22(24)28)35-13-16-5-3-2-4-6-16/h2,7-8,10-12,15-16,25H,3-6,9,13-14H2,1H3,(H,32,33)/t15-,25+/m1/s1. The van der Waals surface area contributed by atoms with Crippen LogP contribution in [0.15, 0.2) is 30.5 Å². The molecular formula is C26H27F5N3O. The number of alkyl halides is 3. The average molecular weight is 493 g/mol. The van der Waals surface area contributed by atoms with Crippen LogP contribution < -0.4 is 4.74 Å². The molecule has 0 bridgehead atoms. The van der Waals surface area contributed by atoms with Gasteiger partial charge in [0.2, 0.25) is 0 Å². The number of benzene rings is 2. The van der Waals surface area contributed by atoms with Gasteiger partial charge in [-0.1, -0.05) is 6.07 Å². The lowest BCUT2D eigenvalue weighted by atomic mass is 9.83. The minimum Gasteiger partial charge on any atom is -0.493 e. The van der Waals surface area contributed by atoms with E-state index in [4.69, 9.17) is 4.74 Å². The molecule has 187 valence electrons. The minimum absolute atomic E-state index is 0.0510. The minimum atomic E-state index is -4.53. The van der Waals surface area contributed by atoms with Crippen LogP contribution in [-0.2, 0) is 6.42 Å². The summed E-state index contributed by atoms with van der Waals surface area (Å²) in [5.74, 6) is -1.46. The second-order valence-corrected chi connectivity index (χ2v) is 9.63. The lowest BCUT2D eigenvalue weighted by Gasteiger charge is -2.42. The van der Waals surface area contributed by atoms with E-state index in [1.807, 2.05) is 0 Å². The number of H-pyrrole nitrogens is 1. The van der Waals surface area contributed by atoms with Gasteiger partial charge in [-0.2, -0.15) is 18.3 Å². The fourth-order valence-electron chi connectivity index (χ4n) is 5.48. The molecule has 1 aliphatic heterocycles. The van der Waals surface area contributed by atoms with Crippen LogP contribution in [0.5, 0.6) is 5.75 Å². The summed E-state index contributed by atoms with van der Waals surface area (Å²) in [5.41, 5.74) is 1.53. The molecule has 0 amide bonds. The Balaban J connectivity index is 1.54. The molecule has 1 fully saturated rings. The molecule has 1 saturated carbocycles. The van der Waals surface area contributed by atoms with Gasteiger partial charge < -0.3 is 4.74 Å². The highest BCUT2D eigenvalue weighted by Gasteiger charge is 2.43. The number of aromatic amines is 1. The fraction of sp³-hybridized carbons (Fsp3) is 0.462. The van der Waals surface area contributed by atoms with Crippen molar-refractivity contribution in [1.82, 2.24) is 15.1 Å². The van der Waals surface area contributed by atoms with E-state index in [1.165, 1.54) is 0 Å². The predicted octanol–water partition coefficient (Wildman–Crippen LogP) is 6.51. The Bertz CT molecular complexity index is 1180. The summed E-state index contributed by atoms with van der Waals surface area (Å²) in [6.07, 6.45) is 3.52. The zero-order chi connectivity index (χ0) is 24.7. The zero-order valence-corrected chi connectivity index (χ0v) is 19.3. The Morgan fingerprint density at radius 3 is 2.51 bits per heavy atom. The number of halogens is 5. The molecular weight excluding hydrogens is 465 g/mol. The first kappa shape index (κ1) is 24.0.